The topological polar surface area (TPSA) is 9.23 Å². The minimum Gasteiger partial charge on any atom is -0.496 e. The van der Waals surface area contributed by atoms with Gasteiger partial charge in [0.05, 0.1) is 7.11 Å². The average Bonchev–Trinajstić information content (AvgIpc) is 2.11. The number of methoxy groups -OCH3 is 1. The molecule has 72 valence electrons. The summed E-state index contributed by atoms with van der Waals surface area (Å²) in [6.07, 6.45) is 0.726. The molecule has 0 aliphatic carbocycles. The number of thiol groups is 1. The second kappa shape index (κ2) is 4.51. The van der Waals surface area contributed by atoms with E-state index < -0.39 is 0 Å². The molecule has 0 amide bonds. The first-order valence-electron chi connectivity index (χ1n) is 4.13. The van der Waals surface area contributed by atoms with E-state index >= 15 is 0 Å². The first-order chi connectivity index (χ1) is 6.19. The van der Waals surface area contributed by atoms with Gasteiger partial charge in [-0.05, 0) is 42.4 Å². The van der Waals surface area contributed by atoms with Crippen molar-refractivity contribution < 1.29 is 9.13 Å². The molecule has 1 aromatic rings. The van der Waals surface area contributed by atoms with Crippen LogP contribution in [0.4, 0.5) is 4.39 Å². The first-order valence-corrected chi connectivity index (χ1v) is 4.76. The minimum atomic E-state index is -0.183. The number of ether oxygens (including phenoxy) is 1. The molecular weight excluding hydrogens is 187 g/mol. The van der Waals surface area contributed by atoms with E-state index in [1.54, 1.807) is 20.1 Å². The number of hydrogen-bond acceptors (Lipinski definition) is 2. The number of rotatable bonds is 3. The third-order valence-electron chi connectivity index (χ3n) is 1.94. The fourth-order valence-corrected chi connectivity index (χ4v) is 1.44. The van der Waals surface area contributed by atoms with Gasteiger partial charge in [0.25, 0.3) is 0 Å². The fourth-order valence-electron chi connectivity index (χ4n) is 1.20. The van der Waals surface area contributed by atoms with E-state index in [1.165, 1.54) is 6.07 Å². The Kier molecular flexibility index (Phi) is 3.60. The Balaban J connectivity index is 3.09. The zero-order chi connectivity index (χ0) is 9.84. The lowest BCUT2D eigenvalue weighted by Crippen LogP contribution is -1.96. The van der Waals surface area contributed by atoms with Crippen LogP contribution < -0.4 is 4.74 Å². The highest BCUT2D eigenvalue weighted by Gasteiger charge is 2.06. The molecule has 0 N–H and O–H groups in total. The van der Waals surface area contributed by atoms with Gasteiger partial charge in [-0.1, -0.05) is 0 Å². The molecule has 0 unspecified atom stereocenters. The average molecular weight is 200 g/mol. The highest BCUT2D eigenvalue weighted by molar-refractivity contribution is 7.80. The summed E-state index contributed by atoms with van der Waals surface area (Å²) in [6, 6.07) is 3.23. The molecule has 13 heavy (non-hydrogen) atoms. The van der Waals surface area contributed by atoms with E-state index in [9.17, 15) is 4.39 Å². The van der Waals surface area contributed by atoms with Crippen molar-refractivity contribution in [2.45, 2.75) is 13.3 Å². The number of halogens is 1. The Labute approximate surface area is 83.3 Å². The third kappa shape index (κ3) is 2.37. The molecule has 1 nitrogen and oxygen atoms in total. The summed E-state index contributed by atoms with van der Waals surface area (Å²) in [5.41, 5.74) is 1.49. The zero-order valence-electron chi connectivity index (χ0n) is 7.80. The standard InChI is InChI=1S/C10H13FOS/c1-7-5-10(12-2)8(3-4-13)6-9(7)11/h5-6,13H,3-4H2,1-2H3. The van der Waals surface area contributed by atoms with Gasteiger partial charge in [0, 0.05) is 0 Å². The SMILES string of the molecule is COc1cc(C)c(F)cc1CCS. The highest BCUT2D eigenvalue weighted by atomic mass is 32.1. The quantitative estimate of drug-likeness (QED) is 0.738. The van der Waals surface area contributed by atoms with E-state index in [0.717, 1.165) is 17.7 Å². The largest absolute Gasteiger partial charge is 0.496 e. The molecule has 1 aromatic carbocycles. The van der Waals surface area contributed by atoms with Crippen molar-refractivity contribution in [1.82, 2.24) is 0 Å². The molecule has 0 aliphatic rings. The first kappa shape index (κ1) is 10.4. The van der Waals surface area contributed by atoms with Crippen LogP contribution in [-0.2, 0) is 6.42 Å². The molecule has 0 spiro atoms. The number of benzene rings is 1. The lowest BCUT2D eigenvalue weighted by atomic mass is 10.1. The Morgan fingerprint density at radius 1 is 1.46 bits per heavy atom. The van der Waals surface area contributed by atoms with Crippen molar-refractivity contribution in [3.05, 3.63) is 29.1 Å². The maximum absolute atomic E-state index is 13.1. The van der Waals surface area contributed by atoms with Crippen molar-refractivity contribution in [1.29, 1.82) is 0 Å². The van der Waals surface area contributed by atoms with Crippen molar-refractivity contribution in [2.75, 3.05) is 12.9 Å². The Morgan fingerprint density at radius 3 is 2.69 bits per heavy atom. The van der Waals surface area contributed by atoms with E-state index in [2.05, 4.69) is 12.6 Å². The summed E-state index contributed by atoms with van der Waals surface area (Å²) in [5, 5.41) is 0. The highest BCUT2D eigenvalue weighted by Crippen LogP contribution is 2.23. The predicted octanol–water partition coefficient (Wildman–Crippen LogP) is 2.62. The summed E-state index contributed by atoms with van der Waals surface area (Å²) < 4.78 is 18.3. The number of aryl methyl sites for hydroxylation is 2. The maximum Gasteiger partial charge on any atom is 0.126 e. The van der Waals surface area contributed by atoms with Crippen molar-refractivity contribution in [3.63, 3.8) is 0 Å². The number of hydrogen-bond donors (Lipinski definition) is 1. The smallest absolute Gasteiger partial charge is 0.126 e. The molecule has 0 aromatic heterocycles. The van der Waals surface area contributed by atoms with Crippen molar-refractivity contribution in [2.24, 2.45) is 0 Å². The van der Waals surface area contributed by atoms with Crippen LogP contribution in [0, 0.1) is 12.7 Å². The van der Waals surface area contributed by atoms with Crippen LogP contribution in [0.15, 0.2) is 12.1 Å². The normalized spacial score (nSPS) is 10.2. The summed E-state index contributed by atoms with van der Waals surface area (Å²) in [6.45, 7) is 1.72. The fraction of sp³-hybridized carbons (Fsp3) is 0.400. The van der Waals surface area contributed by atoms with Crippen molar-refractivity contribution in [3.8, 4) is 5.75 Å². The second-order valence-corrected chi connectivity index (χ2v) is 3.33. The van der Waals surface area contributed by atoms with Gasteiger partial charge in [0.2, 0.25) is 0 Å². The molecule has 0 radical (unpaired) electrons. The molecule has 0 bridgehead atoms. The van der Waals surface area contributed by atoms with Crippen LogP contribution in [0.5, 0.6) is 5.75 Å². The lowest BCUT2D eigenvalue weighted by Gasteiger charge is -2.08. The Hall–Kier alpha value is -0.700. The monoisotopic (exact) mass is 200 g/mol. The summed E-state index contributed by atoms with van der Waals surface area (Å²) in [5.74, 6) is 1.25. The van der Waals surface area contributed by atoms with Crippen molar-refractivity contribution >= 4 is 12.6 Å². The van der Waals surface area contributed by atoms with Gasteiger partial charge in [-0.3, -0.25) is 0 Å². The molecule has 0 saturated heterocycles. The van der Waals surface area contributed by atoms with Gasteiger partial charge >= 0.3 is 0 Å². The van der Waals surface area contributed by atoms with E-state index in [-0.39, 0.29) is 5.82 Å². The minimum absolute atomic E-state index is 0.183. The van der Waals surface area contributed by atoms with Gasteiger partial charge in [-0.15, -0.1) is 0 Å². The van der Waals surface area contributed by atoms with E-state index in [4.69, 9.17) is 4.74 Å². The van der Waals surface area contributed by atoms with Gasteiger partial charge in [-0.25, -0.2) is 4.39 Å². The molecule has 1 rings (SSSR count). The van der Waals surface area contributed by atoms with Gasteiger partial charge < -0.3 is 4.74 Å². The molecule has 3 heteroatoms. The maximum atomic E-state index is 13.1. The molecular formula is C10H13FOS. The van der Waals surface area contributed by atoms with Gasteiger partial charge in [0.1, 0.15) is 11.6 Å². The van der Waals surface area contributed by atoms with Crippen LogP contribution in [-0.4, -0.2) is 12.9 Å². The molecule has 0 heterocycles. The van der Waals surface area contributed by atoms with E-state index in [1.807, 2.05) is 0 Å². The zero-order valence-corrected chi connectivity index (χ0v) is 8.70. The van der Waals surface area contributed by atoms with Crippen LogP contribution in [0.2, 0.25) is 0 Å². The molecule has 0 fully saturated rings. The van der Waals surface area contributed by atoms with Crippen LogP contribution >= 0.6 is 12.6 Å². The predicted molar refractivity (Wildman–Crippen MR) is 55.2 cm³/mol. The van der Waals surface area contributed by atoms with Gasteiger partial charge in [0.15, 0.2) is 0 Å². The summed E-state index contributed by atoms with van der Waals surface area (Å²) in [7, 11) is 1.59. The van der Waals surface area contributed by atoms with Crippen LogP contribution in [0.25, 0.3) is 0 Å². The Bertz CT molecular complexity index is 299. The Morgan fingerprint density at radius 2 is 2.15 bits per heavy atom. The van der Waals surface area contributed by atoms with Gasteiger partial charge in [-0.2, -0.15) is 12.6 Å². The van der Waals surface area contributed by atoms with E-state index in [0.29, 0.717) is 11.3 Å². The van der Waals surface area contributed by atoms with Crippen LogP contribution in [0.1, 0.15) is 11.1 Å². The van der Waals surface area contributed by atoms with Crippen LogP contribution in [0.3, 0.4) is 0 Å². The lowest BCUT2D eigenvalue weighted by molar-refractivity contribution is 0.408. The summed E-state index contributed by atoms with van der Waals surface area (Å²) >= 11 is 4.10. The molecule has 0 aliphatic heterocycles. The molecule has 0 saturated carbocycles. The molecule has 0 atom stereocenters. The summed E-state index contributed by atoms with van der Waals surface area (Å²) in [4.78, 5) is 0. The second-order valence-electron chi connectivity index (χ2n) is 2.89. The third-order valence-corrected chi connectivity index (χ3v) is 2.17.